The van der Waals surface area contributed by atoms with Crippen molar-refractivity contribution in [2.45, 2.75) is 6.92 Å². The molecule has 6 rings (SSSR count). The summed E-state index contributed by atoms with van der Waals surface area (Å²) in [6.07, 6.45) is 2.53. The molecular formula is C30H19BrClN5O6. The van der Waals surface area contributed by atoms with Gasteiger partial charge in [0.1, 0.15) is 11.8 Å². The molecule has 0 saturated carbocycles. The Morgan fingerprint density at radius 1 is 1.14 bits per heavy atom. The van der Waals surface area contributed by atoms with Gasteiger partial charge < -0.3 is 13.9 Å². The van der Waals surface area contributed by atoms with Crippen molar-refractivity contribution in [3.63, 3.8) is 0 Å². The number of nitrogens with zero attached hydrogens (tertiary/aromatic N) is 5. The Labute approximate surface area is 256 Å². The molecule has 3 heterocycles. The molecule has 0 spiro atoms. The van der Waals surface area contributed by atoms with Crippen molar-refractivity contribution in [1.29, 1.82) is 0 Å². The fraction of sp³-hybridized carbons (Fsp3) is 0.0667. The van der Waals surface area contributed by atoms with Gasteiger partial charge in [-0.25, -0.2) is 9.97 Å². The molecule has 0 aliphatic carbocycles. The fourth-order valence-electron chi connectivity index (χ4n) is 4.31. The summed E-state index contributed by atoms with van der Waals surface area (Å²) < 4.78 is 19.7. The number of fused-ring (bicyclic) bond motifs is 2. The summed E-state index contributed by atoms with van der Waals surface area (Å²) in [4.78, 5) is 32.7. The second kappa shape index (κ2) is 11.7. The van der Waals surface area contributed by atoms with E-state index in [-0.39, 0.29) is 39.5 Å². The van der Waals surface area contributed by atoms with Gasteiger partial charge in [-0.1, -0.05) is 39.7 Å². The molecule has 0 amide bonds. The van der Waals surface area contributed by atoms with Gasteiger partial charge in [-0.3, -0.25) is 14.9 Å². The summed E-state index contributed by atoms with van der Waals surface area (Å²) in [6.45, 7) is 2.09. The lowest BCUT2D eigenvalue weighted by atomic mass is 10.2. The van der Waals surface area contributed by atoms with Crippen LogP contribution >= 0.6 is 27.5 Å². The predicted molar refractivity (Wildman–Crippen MR) is 165 cm³/mol. The summed E-state index contributed by atoms with van der Waals surface area (Å²) in [5.41, 5.74) is 1.06. The Balaban J connectivity index is 1.42. The molecule has 0 fully saturated rings. The first-order chi connectivity index (χ1) is 20.8. The highest BCUT2D eigenvalue weighted by molar-refractivity contribution is 9.10. The number of furan rings is 1. The molecule has 0 aliphatic heterocycles. The van der Waals surface area contributed by atoms with Crippen LogP contribution in [0.1, 0.15) is 12.5 Å². The van der Waals surface area contributed by atoms with Gasteiger partial charge in [0.15, 0.2) is 17.3 Å². The molecule has 214 valence electrons. The molecule has 0 aliphatic rings. The summed E-state index contributed by atoms with van der Waals surface area (Å²) >= 11 is 10.0. The zero-order valence-electron chi connectivity index (χ0n) is 22.2. The smallest absolute Gasteiger partial charge is 0.287 e. The van der Waals surface area contributed by atoms with E-state index in [0.717, 1.165) is 16.1 Å². The molecule has 6 aromatic rings. The Hall–Kier alpha value is -5.07. The zero-order chi connectivity index (χ0) is 30.1. The quantitative estimate of drug-likeness (QED) is 0.0925. The largest absolute Gasteiger partial charge is 0.490 e. The highest BCUT2D eigenvalue weighted by Gasteiger charge is 2.18. The molecule has 13 heteroatoms. The van der Waals surface area contributed by atoms with Crippen molar-refractivity contribution in [2.75, 3.05) is 6.61 Å². The number of hydrogen-bond acceptors (Lipinski definition) is 9. The van der Waals surface area contributed by atoms with E-state index in [0.29, 0.717) is 34.4 Å². The van der Waals surface area contributed by atoms with Crippen LogP contribution in [0.3, 0.4) is 0 Å². The van der Waals surface area contributed by atoms with Crippen molar-refractivity contribution in [3.05, 3.63) is 115 Å². The maximum atomic E-state index is 13.6. The molecule has 43 heavy (non-hydrogen) atoms. The van der Waals surface area contributed by atoms with Crippen LogP contribution in [-0.4, -0.2) is 32.4 Å². The monoisotopic (exact) mass is 659 g/mol. The van der Waals surface area contributed by atoms with Crippen LogP contribution in [0.15, 0.2) is 97.8 Å². The second-order valence-electron chi connectivity index (χ2n) is 9.08. The minimum absolute atomic E-state index is 0.0890. The van der Waals surface area contributed by atoms with E-state index in [4.69, 9.17) is 30.5 Å². The van der Waals surface area contributed by atoms with Crippen LogP contribution in [0.2, 0.25) is 5.02 Å². The number of benzene rings is 3. The van der Waals surface area contributed by atoms with E-state index in [9.17, 15) is 14.9 Å². The number of para-hydroxylation sites is 1. The molecule has 0 unspecified atom stereocenters. The van der Waals surface area contributed by atoms with Crippen molar-refractivity contribution < 1.29 is 18.8 Å². The maximum Gasteiger partial charge on any atom is 0.287 e. The van der Waals surface area contributed by atoms with E-state index in [2.05, 4.69) is 26.0 Å². The molecule has 3 aromatic heterocycles. The molecule has 0 bridgehead atoms. The minimum Gasteiger partial charge on any atom is -0.490 e. The van der Waals surface area contributed by atoms with Crippen LogP contribution in [0.25, 0.3) is 33.5 Å². The first-order valence-electron chi connectivity index (χ1n) is 12.8. The average molecular weight is 661 g/mol. The minimum atomic E-state index is -0.557. The maximum absolute atomic E-state index is 13.6. The van der Waals surface area contributed by atoms with Gasteiger partial charge in [0.05, 0.1) is 33.7 Å². The third-order valence-corrected chi connectivity index (χ3v) is 7.02. The van der Waals surface area contributed by atoms with Gasteiger partial charge in [-0.2, -0.15) is 9.78 Å². The number of aromatic nitrogens is 3. The first kappa shape index (κ1) is 28.1. The molecule has 0 saturated heterocycles. The summed E-state index contributed by atoms with van der Waals surface area (Å²) in [5.74, 6) is 1.11. The summed E-state index contributed by atoms with van der Waals surface area (Å²) in [6, 6.07) is 20.2. The summed E-state index contributed by atoms with van der Waals surface area (Å²) in [7, 11) is 0. The molecule has 0 radical (unpaired) electrons. The highest BCUT2D eigenvalue weighted by Crippen LogP contribution is 2.39. The first-order valence-corrected chi connectivity index (χ1v) is 14.0. The van der Waals surface area contributed by atoms with Crippen LogP contribution in [0.4, 0.5) is 5.69 Å². The van der Waals surface area contributed by atoms with Crippen LogP contribution < -0.4 is 15.0 Å². The zero-order valence-corrected chi connectivity index (χ0v) is 24.6. The van der Waals surface area contributed by atoms with Crippen LogP contribution in [0.5, 0.6) is 17.4 Å². The number of rotatable bonds is 8. The van der Waals surface area contributed by atoms with E-state index in [1.807, 2.05) is 18.2 Å². The van der Waals surface area contributed by atoms with Crippen LogP contribution in [-0.2, 0) is 0 Å². The Kier molecular flexibility index (Phi) is 7.61. The number of hydrogen-bond donors (Lipinski definition) is 0. The lowest BCUT2D eigenvalue weighted by molar-refractivity contribution is -0.385. The third kappa shape index (κ3) is 5.70. The highest BCUT2D eigenvalue weighted by atomic mass is 79.9. The van der Waals surface area contributed by atoms with E-state index < -0.39 is 4.92 Å². The van der Waals surface area contributed by atoms with Crippen molar-refractivity contribution in [1.82, 2.24) is 14.6 Å². The van der Waals surface area contributed by atoms with Gasteiger partial charge in [-0.05, 0) is 61.0 Å². The number of pyridine rings is 1. The molecule has 0 atom stereocenters. The van der Waals surface area contributed by atoms with Gasteiger partial charge in [-0.15, -0.1) is 0 Å². The van der Waals surface area contributed by atoms with Crippen molar-refractivity contribution >= 4 is 61.3 Å². The molecule has 3 aromatic carbocycles. The van der Waals surface area contributed by atoms with Crippen LogP contribution in [0, 0.1) is 10.1 Å². The van der Waals surface area contributed by atoms with Gasteiger partial charge in [0, 0.05) is 22.0 Å². The van der Waals surface area contributed by atoms with Crippen molar-refractivity contribution in [2.24, 2.45) is 5.10 Å². The Morgan fingerprint density at radius 2 is 1.98 bits per heavy atom. The second-order valence-corrected chi connectivity index (χ2v) is 10.4. The normalized spacial score (nSPS) is 11.4. The van der Waals surface area contributed by atoms with Crippen molar-refractivity contribution in [3.8, 4) is 29.0 Å². The van der Waals surface area contributed by atoms with Gasteiger partial charge >= 0.3 is 0 Å². The average Bonchev–Trinajstić information content (AvgIpc) is 3.42. The predicted octanol–water partition coefficient (Wildman–Crippen LogP) is 7.60. The van der Waals surface area contributed by atoms with E-state index in [1.54, 1.807) is 49.4 Å². The molecule has 11 nitrogen and oxygen atoms in total. The van der Waals surface area contributed by atoms with E-state index in [1.165, 1.54) is 23.0 Å². The Morgan fingerprint density at radius 3 is 2.74 bits per heavy atom. The number of halogens is 2. The lowest BCUT2D eigenvalue weighted by Crippen LogP contribution is -2.20. The standard InChI is InChI=1S/C30H19BrClN5O6/c1-2-41-25-12-17(11-22(32)28(25)43-27-10-8-20(16-33-27)37(39)40)15-34-36-29(35-23-6-4-3-5-21(23)30(36)38)26-14-18-13-19(31)7-9-24(18)42-26/h3-16H,2H2,1H3. The summed E-state index contributed by atoms with van der Waals surface area (Å²) in [5, 5.41) is 16.8. The number of nitro groups is 1. The van der Waals surface area contributed by atoms with Gasteiger partial charge in [0.2, 0.25) is 11.7 Å². The fourth-order valence-corrected chi connectivity index (χ4v) is 4.95. The Bertz CT molecular complexity index is 2110. The number of ether oxygens (including phenoxy) is 2. The van der Waals surface area contributed by atoms with E-state index >= 15 is 0 Å². The topological polar surface area (TPSA) is 135 Å². The molecular weight excluding hydrogens is 642 g/mol. The SMILES string of the molecule is CCOc1cc(C=Nn2c(-c3cc4cc(Br)ccc4o3)nc3ccccc3c2=O)cc(Cl)c1Oc1ccc([N+](=O)[O-])cn1. The molecule has 0 N–H and O–H groups in total. The third-order valence-electron chi connectivity index (χ3n) is 6.24. The van der Waals surface area contributed by atoms with Gasteiger partial charge in [0.25, 0.3) is 11.2 Å². The lowest BCUT2D eigenvalue weighted by Gasteiger charge is -2.13.